The van der Waals surface area contributed by atoms with Gasteiger partial charge in [0.15, 0.2) is 0 Å². The smallest absolute Gasteiger partial charge is 0.239 e. The number of nitrogens with one attached hydrogen (secondary N) is 1. The Morgan fingerprint density at radius 2 is 2.09 bits per heavy atom. The maximum atomic E-state index is 12.0. The lowest BCUT2D eigenvalue weighted by Crippen LogP contribution is -2.44. The van der Waals surface area contributed by atoms with Gasteiger partial charge in [0, 0.05) is 17.1 Å². The number of halogens is 1. The van der Waals surface area contributed by atoms with E-state index in [2.05, 4.69) is 26.2 Å². The van der Waals surface area contributed by atoms with Crippen molar-refractivity contribution >= 4 is 33.2 Å². The molecule has 0 bridgehead atoms. The van der Waals surface area contributed by atoms with Gasteiger partial charge in [-0.2, -0.15) is 0 Å². The molecule has 7 heteroatoms. The Labute approximate surface area is 148 Å². The number of carbonyl (C=O) groups excluding carboxylic acids is 1. The van der Waals surface area contributed by atoms with Gasteiger partial charge in [-0.25, -0.2) is 4.98 Å². The summed E-state index contributed by atoms with van der Waals surface area (Å²) in [4.78, 5) is 17.6. The molecule has 1 aromatic carbocycles. The van der Waals surface area contributed by atoms with Crippen LogP contribution in [0.25, 0.3) is 10.6 Å². The minimum atomic E-state index is -0.665. The highest BCUT2D eigenvalue weighted by Gasteiger charge is 2.20. The average Bonchev–Trinajstić information content (AvgIpc) is 2.90. The maximum Gasteiger partial charge on any atom is 0.239 e. The van der Waals surface area contributed by atoms with E-state index in [1.54, 1.807) is 11.3 Å². The molecule has 2 aromatic rings. The van der Waals surface area contributed by atoms with Crippen LogP contribution in [-0.2, 0) is 9.53 Å². The SMILES string of the molecule is COCC(N)C(=O)NC(C)c1sc(-c2ccc(Br)cc2)nc1C. The molecule has 0 spiro atoms. The molecule has 0 saturated carbocycles. The van der Waals surface area contributed by atoms with Crippen molar-refractivity contribution in [1.82, 2.24) is 10.3 Å². The number of aromatic nitrogens is 1. The quantitative estimate of drug-likeness (QED) is 0.784. The van der Waals surface area contributed by atoms with Gasteiger partial charge < -0.3 is 15.8 Å². The highest BCUT2D eigenvalue weighted by molar-refractivity contribution is 9.10. The van der Waals surface area contributed by atoms with Gasteiger partial charge in [0.1, 0.15) is 11.0 Å². The van der Waals surface area contributed by atoms with E-state index in [9.17, 15) is 4.79 Å². The van der Waals surface area contributed by atoms with Crippen LogP contribution in [0.5, 0.6) is 0 Å². The molecule has 0 saturated heterocycles. The number of amides is 1. The van der Waals surface area contributed by atoms with Crippen molar-refractivity contribution in [3.05, 3.63) is 39.3 Å². The second kappa shape index (κ2) is 8.01. The minimum absolute atomic E-state index is 0.146. The Kier molecular flexibility index (Phi) is 6.29. The van der Waals surface area contributed by atoms with Gasteiger partial charge in [-0.05, 0) is 26.0 Å². The number of hydrogen-bond acceptors (Lipinski definition) is 5. The summed E-state index contributed by atoms with van der Waals surface area (Å²) in [6.07, 6.45) is 0. The van der Waals surface area contributed by atoms with Crippen LogP contribution in [0.4, 0.5) is 0 Å². The van der Waals surface area contributed by atoms with Gasteiger partial charge in [0.05, 0.1) is 23.2 Å². The van der Waals surface area contributed by atoms with Crippen LogP contribution in [-0.4, -0.2) is 30.6 Å². The summed E-state index contributed by atoms with van der Waals surface area (Å²) in [6.45, 7) is 4.08. The first-order chi connectivity index (χ1) is 10.9. The van der Waals surface area contributed by atoms with Crippen molar-refractivity contribution in [3.63, 3.8) is 0 Å². The van der Waals surface area contributed by atoms with Crippen LogP contribution in [0.15, 0.2) is 28.7 Å². The van der Waals surface area contributed by atoms with E-state index in [0.29, 0.717) is 0 Å². The lowest BCUT2D eigenvalue weighted by Gasteiger charge is -2.16. The number of hydrogen-bond donors (Lipinski definition) is 2. The summed E-state index contributed by atoms with van der Waals surface area (Å²) in [5, 5.41) is 3.85. The van der Waals surface area contributed by atoms with E-state index in [1.807, 2.05) is 38.1 Å². The number of thiazole rings is 1. The second-order valence-corrected chi connectivity index (χ2v) is 7.21. The summed E-state index contributed by atoms with van der Waals surface area (Å²) in [5.74, 6) is -0.225. The van der Waals surface area contributed by atoms with Gasteiger partial charge in [-0.3, -0.25) is 4.79 Å². The summed E-state index contributed by atoms with van der Waals surface area (Å²) in [6, 6.07) is 7.20. The van der Waals surface area contributed by atoms with E-state index in [1.165, 1.54) is 7.11 Å². The lowest BCUT2D eigenvalue weighted by molar-refractivity contribution is -0.124. The third kappa shape index (κ3) is 4.60. The minimum Gasteiger partial charge on any atom is -0.383 e. The summed E-state index contributed by atoms with van der Waals surface area (Å²) in [7, 11) is 1.52. The van der Waals surface area contributed by atoms with Crippen molar-refractivity contribution in [2.24, 2.45) is 5.73 Å². The van der Waals surface area contributed by atoms with Crippen molar-refractivity contribution in [1.29, 1.82) is 0 Å². The lowest BCUT2D eigenvalue weighted by atomic mass is 10.2. The highest BCUT2D eigenvalue weighted by Crippen LogP contribution is 2.32. The summed E-state index contributed by atoms with van der Waals surface area (Å²) >= 11 is 5.01. The van der Waals surface area contributed by atoms with Gasteiger partial charge in [0.2, 0.25) is 5.91 Å². The van der Waals surface area contributed by atoms with Gasteiger partial charge in [0.25, 0.3) is 0 Å². The first-order valence-corrected chi connectivity index (χ1v) is 8.81. The molecule has 2 rings (SSSR count). The maximum absolute atomic E-state index is 12.0. The highest BCUT2D eigenvalue weighted by atomic mass is 79.9. The predicted molar refractivity (Wildman–Crippen MR) is 96.4 cm³/mol. The fourth-order valence-corrected chi connectivity index (χ4v) is 3.51. The van der Waals surface area contributed by atoms with Gasteiger partial charge in [-0.15, -0.1) is 11.3 Å². The molecule has 1 heterocycles. The Morgan fingerprint density at radius 1 is 1.43 bits per heavy atom. The molecule has 1 amide bonds. The molecule has 0 radical (unpaired) electrons. The van der Waals surface area contributed by atoms with E-state index >= 15 is 0 Å². The number of nitrogens with two attached hydrogens (primary N) is 1. The fourth-order valence-electron chi connectivity index (χ4n) is 2.17. The molecular weight excluding hydrogens is 378 g/mol. The van der Waals surface area contributed by atoms with Crippen molar-refractivity contribution in [2.75, 3.05) is 13.7 Å². The topological polar surface area (TPSA) is 77.2 Å². The van der Waals surface area contributed by atoms with Crippen LogP contribution in [0.1, 0.15) is 23.5 Å². The molecule has 124 valence electrons. The molecule has 3 N–H and O–H groups in total. The number of methoxy groups -OCH3 is 1. The number of carbonyl (C=O) groups is 1. The zero-order valence-electron chi connectivity index (χ0n) is 13.3. The van der Waals surface area contributed by atoms with Crippen LogP contribution in [0.2, 0.25) is 0 Å². The first-order valence-electron chi connectivity index (χ1n) is 7.20. The third-order valence-electron chi connectivity index (χ3n) is 3.36. The number of rotatable bonds is 6. The Morgan fingerprint density at radius 3 is 2.70 bits per heavy atom. The molecule has 0 aliphatic carbocycles. The monoisotopic (exact) mass is 397 g/mol. The standard InChI is InChI=1S/C16H20BrN3O2S/c1-9(19-15(21)13(18)8-22-3)14-10(2)20-16(23-14)11-4-6-12(17)7-5-11/h4-7,9,13H,8,18H2,1-3H3,(H,19,21). The van der Waals surface area contributed by atoms with Crippen LogP contribution >= 0.6 is 27.3 Å². The third-order valence-corrected chi connectivity index (χ3v) is 5.28. The van der Waals surface area contributed by atoms with Crippen LogP contribution < -0.4 is 11.1 Å². The van der Waals surface area contributed by atoms with Crippen LogP contribution in [0.3, 0.4) is 0 Å². The molecule has 2 atom stereocenters. The first kappa shape index (κ1) is 18.1. The number of nitrogens with zero attached hydrogens (tertiary/aromatic N) is 1. The van der Waals surface area contributed by atoms with E-state index in [0.717, 1.165) is 25.6 Å². The second-order valence-electron chi connectivity index (χ2n) is 5.27. The van der Waals surface area contributed by atoms with E-state index in [4.69, 9.17) is 10.5 Å². The Balaban J connectivity index is 2.14. The molecule has 0 aliphatic rings. The zero-order valence-corrected chi connectivity index (χ0v) is 15.7. The molecule has 5 nitrogen and oxygen atoms in total. The van der Waals surface area contributed by atoms with Crippen molar-refractivity contribution in [2.45, 2.75) is 25.9 Å². The normalized spacial score (nSPS) is 13.6. The molecular formula is C16H20BrN3O2S. The van der Waals surface area contributed by atoms with Gasteiger partial charge >= 0.3 is 0 Å². The number of ether oxygens (including phenoxy) is 1. The largest absolute Gasteiger partial charge is 0.383 e. The van der Waals surface area contributed by atoms with Crippen molar-refractivity contribution < 1.29 is 9.53 Å². The molecule has 0 aliphatic heterocycles. The van der Waals surface area contributed by atoms with E-state index in [-0.39, 0.29) is 18.6 Å². The average molecular weight is 398 g/mol. The summed E-state index contributed by atoms with van der Waals surface area (Å²) < 4.78 is 5.94. The molecule has 0 fully saturated rings. The van der Waals surface area contributed by atoms with E-state index < -0.39 is 6.04 Å². The predicted octanol–water partition coefficient (Wildman–Crippen LogP) is 3.03. The zero-order chi connectivity index (χ0) is 17.0. The van der Waals surface area contributed by atoms with Crippen LogP contribution in [0, 0.1) is 6.92 Å². The van der Waals surface area contributed by atoms with Crippen molar-refractivity contribution in [3.8, 4) is 10.6 Å². The number of benzene rings is 1. The summed E-state index contributed by atoms with van der Waals surface area (Å²) in [5.41, 5.74) is 7.72. The Hall–Kier alpha value is -1.28. The fraction of sp³-hybridized carbons (Fsp3) is 0.375. The molecule has 23 heavy (non-hydrogen) atoms. The molecule has 1 aromatic heterocycles. The number of aryl methyl sites for hydroxylation is 1. The molecule has 2 unspecified atom stereocenters. The van der Waals surface area contributed by atoms with Gasteiger partial charge in [-0.1, -0.05) is 28.1 Å². The Bertz CT molecular complexity index is 672.